The minimum Gasteiger partial charge on any atom is -0.478 e. The molecule has 1 aromatic rings. The second kappa shape index (κ2) is 6.09. The van der Waals surface area contributed by atoms with Crippen molar-refractivity contribution in [1.29, 1.82) is 0 Å². The molecule has 1 rings (SSSR count). The van der Waals surface area contributed by atoms with Gasteiger partial charge in [0.05, 0.1) is 5.57 Å². The van der Waals surface area contributed by atoms with Gasteiger partial charge in [-0.1, -0.05) is 50.6 Å². The molecule has 0 aliphatic rings. The zero-order valence-corrected chi connectivity index (χ0v) is 10.3. The summed E-state index contributed by atoms with van der Waals surface area (Å²) in [5.74, 6) is -0.602. The molecule has 0 amide bonds. The molecule has 3 nitrogen and oxygen atoms in total. The molecule has 0 spiro atoms. The van der Waals surface area contributed by atoms with Crippen molar-refractivity contribution in [3.8, 4) is 0 Å². The van der Waals surface area contributed by atoms with E-state index in [1.807, 2.05) is 44.2 Å². The molecule has 0 aliphatic carbocycles. The van der Waals surface area contributed by atoms with E-state index in [1.54, 1.807) is 0 Å². The monoisotopic (exact) mass is 233 g/mol. The Morgan fingerprint density at radius 2 is 1.94 bits per heavy atom. The van der Waals surface area contributed by atoms with E-state index in [9.17, 15) is 9.90 Å². The fourth-order valence-electron chi connectivity index (χ4n) is 1.60. The number of hydrogen-bond donors (Lipinski definition) is 2. The summed E-state index contributed by atoms with van der Waals surface area (Å²) in [7, 11) is 0. The van der Waals surface area contributed by atoms with E-state index in [-0.39, 0.29) is 0 Å². The van der Waals surface area contributed by atoms with E-state index in [0.29, 0.717) is 23.6 Å². The molecule has 1 atom stereocenters. The van der Waals surface area contributed by atoms with Gasteiger partial charge in [-0.15, -0.1) is 0 Å². The van der Waals surface area contributed by atoms with Gasteiger partial charge in [0.1, 0.15) is 0 Å². The van der Waals surface area contributed by atoms with Crippen molar-refractivity contribution in [1.82, 2.24) is 0 Å². The maximum atomic E-state index is 11.2. The van der Waals surface area contributed by atoms with E-state index in [4.69, 9.17) is 5.73 Å². The highest BCUT2D eigenvalue weighted by Gasteiger charge is 2.16. The molecule has 3 N–H and O–H groups in total. The lowest BCUT2D eigenvalue weighted by atomic mass is 9.95. The predicted molar refractivity (Wildman–Crippen MR) is 69.3 cm³/mol. The molecule has 0 radical (unpaired) electrons. The van der Waals surface area contributed by atoms with Crippen LogP contribution in [0.3, 0.4) is 0 Å². The number of benzene rings is 1. The number of carbonyl (C=O) groups is 1. The minimum absolute atomic E-state index is 0.311. The van der Waals surface area contributed by atoms with Crippen molar-refractivity contribution < 1.29 is 9.90 Å². The van der Waals surface area contributed by atoms with Crippen molar-refractivity contribution in [2.24, 2.45) is 11.7 Å². The van der Waals surface area contributed by atoms with Crippen LogP contribution in [0.1, 0.15) is 32.3 Å². The van der Waals surface area contributed by atoms with Crippen molar-refractivity contribution in [2.45, 2.75) is 26.7 Å². The summed E-state index contributed by atoms with van der Waals surface area (Å²) < 4.78 is 0. The lowest BCUT2D eigenvalue weighted by molar-refractivity contribution is -0.132. The highest BCUT2D eigenvalue weighted by atomic mass is 16.4. The van der Waals surface area contributed by atoms with Gasteiger partial charge >= 0.3 is 5.97 Å². The molecule has 0 aromatic heterocycles. The van der Waals surface area contributed by atoms with Crippen LogP contribution in [-0.4, -0.2) is 11.1 Å². The summed E-state index contributed by atoms with van der Waals surface area (Å²) in [6.45, 7) is 4.07. The molecule has 1 unspecified atom stereocenters. The average Bonchev–Trinajstić information content (AvgIpc) is 2.35. The Morgan fingerprint density at radius 1 is 1.35 bits per heavy atom. The van der Waals surface area contributed by atoms with Crippen molar-refractivity contribution in [3.63, 3.8) is 0 Å². The van der Waals surface area contributed by atoms with Crippen LogP contribution in [0.5, 0.6) is 0 Å². The van der Waals surface area contributed by atoms with E-state index in [0.717, 1.165) is 12.0 Å². The van der Waals surface area contributed by atoms with Crippen LogP contribution in [0.25, 0.3) is 5.70 Å². The molecule has 1 aromatic carbocycles. The molecule has 0 fully saturated rings. The first-order valence-electron chi connectivity index (χ1n) is 5.83. The van der Waals surface area contributed by atoms with Crippen LogP contribution in [0, 0.1) is 5.92 Å². The molecule has 0 saturated carbocycles. The number of nitrogens with two attached hydrogens (primary N) is 1. The van der Waals surface area contributed by atoms with Gasteiger partial charge in [-0.05, 0) is 17.9 Å². The maximum Gasteiger partial charge on any atom is 0.333 e. The van der Waals surface area contributed by atoms with Gasteiger partial charge in [-0.3, -0.25) is 0 Å². The minimum atomic E-state index is -0.924. The largest absolute Gasteiger partial charge is 0.478 e. The van der Waals surface area contributed by atoms with Crippen molar-refractivity contribution in [2.75, 3.05) is 0 Å². The van der Waals surface area contributed by atoms with Crippen molar-refractivity contribution in [3.05, 3.63) is 41.5 Å². The Kier molecular flexibility index (Phi) is 4.76. The predicted octanol–water partition coefficient (Wildman–Crippen LogP) is 2.88. The second-order valence-electron chi connectivity index (χ2n) is 4.28. The molecular formula is C14H19NO2. The topological polar surface area (TPSA) is 63.3 Å². The van der Waals surface area contributed by atoms with Gasteiger partial charge in [0.15, 0.2) is 0 Å². The summed E-state index contributed by atoms with van der Waals surface area (Å²) in [6.07, 6.45) is 1.45. The zero-order valence-electron chi connectivity index (χ0n) is 10.3. The molecule has 0 bridgehead atoms. The molecule has 0 aliphatic heterocycles. The third-order valence-electron chi connectivity index (χ3n) is 2.92. The fraction of sp³-hybridized carbons (Fsp3) is 0.357. The normalized spacial score (nSPS) is 14.0. The second-order valence-corrected chi connectivity index (χ2v) is 4.28. The van der Waals surface area contributed by atoms with Gasteiger partial charge in [-0.25, -0.2) is 4.79 Å². The Labute approximate surface area is 102 Å². The van der Waals surface area contributed by atoms with Crippen LogP contribution < -0.4 is 5.73 Å². The third-order valence-corrected chi connectivity index (χ3v) is 2.92. The SMILES string of the molecule is CCC(C)CC(C(=O)O)=C(N)c1ccccc1. The molecule has 17 heavy (non-hydrogen) atoms. The number of hydrogen-bond acceptors (Lipinski definition) is 2. The van der Waals surface area contributed by atoms with Crippen molar-refractivity contribution >= 4 is 11.7 Å². The fourth-order valence-corrected chi connectivity index (χ4v) is 1.60. The van der Waals surface area contributed by atoms with Crippen LogP contribution in [-0.2, 0) is 4.79 Å². The number of aliphatic carboxylic acids is 1. The van der Waals surface area contributed by atoms with Crippen LogP contribution >= 0.6 is 0 Å². The van der Waals surface area contributed by atoms with E-state index >= 15 is 0 Å². The Bertz CT molecular complexity index is 409. The number of carboxylic acids is 1. The Morgan fingerprint density at radius 3 is 2.41 bits per heavy atom. The standard InChI is InChI=1S/C14H19NO2/c1-3-10(2)9-12(14(16)17)13(15)11-7-5-4-6-8-11/h4-8,10H,3,9,15H2,1-2H3,(H,16,17). The third kappa shape index (κ3) is 3.63. The maximum absolute atomic E-state index is 11.2. The molecule has 92 valence electrons. The average molecular weight is 233 g/mol. The summed E-state index contributed by atoms with van der Waals surface area (Å²) in [5.41, 5.74) is 7.40. The van der Waals surface area contributed by atoms with Crippen LogP contribution in [0.15, 0.2) is 35.9 Å². The van der Waals surface area contributed by atoms with Gasteiger partial charge in [0.25, 0.3) is 0 Å². The number of carboxylic acid groups (broad SMARTS) is 1. The van der Waals surface area contributed by atoms with Gasteiger partial charge in [0, 0.05) is 5.70 Å². The molecule has 0 heterocycles. The van der Waals surface area contributed by atoms with Crippen LogP contribution in [0.2, 0.25) is 0 Å². The quantitative estimate of drug-likeness (QED) is 0.769. The zero-order chi connectivity index (χ0) is 12.8. The Hall–Kier alpha value is -1.77. The lowest BCUT2D eigenvalue weighted by Gasteiger charge is -2.12. The van der Waals surface area contributed by atoms with E-state index in [1.165, 1.54) is 0 Å². The highest BCUT2D eigenvalue weighted by Crippen LogP contribution is 2.21. The van der Waals surface area contributed by atoms with Crippen LogP contribution in [0.4, 0.5) is 0 Å². The highest BCUT2D eigenvalue weighted by molar-refractivity contribution is 5.95. The first kappa shape index (κ1) is 13.3. The lowest BCUT2D eigenvalue weighted by Crippen LogP contribution is -2.12. The van der Waals surface area contributed by atoms with Gasteiger partial charge in [0.2, 0.25) is 0 Å². The Balaban J connectivity index is 3.07. The first-order chi connectivity index (χ1) is 8.06. The first-order valence-corrected chi connectivity index (χ1v) is 5.83. The summed E-state index contributed by atoms with van der Waals surface area (Å²) in [6, 6.07) is 9.24. The van der Waals surface area contributed by atoms with E-state index < -0.39 is 5.97 Å². The molecule has 3 heteroatoms. The number of rotatable bonds is 5. The van der Waals surface area contributed by atoms with Gasteiger partial charge in [-0.2, -0.15) is 0 Å². The van der Waals surface area contributed by atoms with E-state index in [2.05, 4.69) is 0 Å². The van der Waals surface area contributed by atoms with Gasteiger partial charge < -0.3 is 10.8 Å². The summed E-state index contributed by atoms with van der Waals surface area (Å²) in [5, 5.41) is 9.21. The smallest absolute Gasteiger partial charge is 0.333 e. The molecule has 0 saturated heterocycles. The summed E-state index contributed by atoms with van der Waals surface area (Å²) >= 11 is 0. The molecular weight excluding hydrogens is 214 g/mol. The summed E-state index contributed by atoms with van der Waals surface area (Å²) in [4.78, 5) is 11.2.